The van der Waals surface area contributed by atoms with E-state index >= 15 is 0 Å². The Morgan fingerprint density at radius 1 is 1.29 bits per heavy atom. The molecule has 0 aromatic carbocycles. The van der Waals surface area contributed by atoms with Crippen molar-refractivity contribution >= 4 is 0 Å². The van der Waals surface area contributed by atoms with E-state index in [0.717, 1.165) is 24.5 Å². The van der Waals surface area contributed by atoms with Crippen LogP contribution in [-0.2, 0) is 6.54 Å². The van der Waals surface area contributed by atoms with Crippen molar-refractivity contribution in [1.29, 1.82) is 0 Å². The molecule has 5 nitrogen and oxygen atoms in total. The quantitative estimate of drug-likeness (QED) is 0.851. The fourth-order valence-electron chi connectivity index (χ4n) is 3.13. The standard InChI is InChI=1S/C12H20N4O/c1-8-14-15-12(17-8)7-16(2)11-5-9-3-4-10(6-11)13-9/h9-11,13H,3-7H2,1-2H3. The van der Waals surface area contributed by atoms with Gasteiger partial charge in [0.1, 0.15) is 0 Å². The number of nitrogens with one attached hydrogen (secondary N) is 1. The van der Waals surface area contributed by atoms with Crippen molar-refractivity contribution in [2.45, 2.75) is 57.3 Å². The number of hydrogen-bond donors (Lipinski definition) is 1. The Balaban J connectivity index is 1.60. The summed E-state index contributed by atoms with van der Waals surface area (Å²) in [6.07, 6.45) is 5.18. The van der Waals surface area contributed by atoms with E-state index in [4.69, 9.17) is 4.42 Å². The molecule has 2 aliphatic rings. The van der Waals surface area contributed by atoms with Crippen LogP contribution in [0.3, 0.4) is 0 Å². The number of fused-ring (bicyclic) bond motifs is 2. The molecule has 94 valence electrons. The summed E-state index contributed by atoms with van der Waals surface area (Å²) in [4.78, 5) is 2.36. The van der Waals surface area contributed by atoms with Crippen LogP contribution in [0.2, 0.25) is 0 Å². The first-order valence-electron chi connectivity index (χ1n) is 6.46. The molecule has 3 heterocycles. The smallest absolute Gasteiger partial charge is 0.230 e. The highest BCUT2D eigenvalue weighted by Gasteiger charge is 2.35. The zero-order valence-corrected chi connectivity index (χ0v) is 10.5. The Morgan fingerprint density at radius 2 is 2.00 bits per heavy atom. The number of rotatable bonds is 3. The van der Waals surface area contributed by atoms with Gasteiger partial charge in [0.05, 0.1) is 6.54 Å². The summed E-state index contributed by atoms with van der Waals surface area (Å²) in [7, 11) is 2.16. The highest BCUT2D eigenvalue weighted by atomic mass is 16.4. The number of aryl methyl sites for hydroxylation is 1. The van der Waals surface area contributed by atoms with E-state index in [2.05, 4.69) is 27.5 Å². The molecule has 2 bridgehead atoms. The first-order chi connectivity index (χ1) is 8.20. The zero-order chi connectivity index (χ0) is 11.8. The minimum absolute atomic E-state index is 0.652. The van der Waals surface area contributed by atoms with Crippen molar-refractivity contribution in [2.24, 2.45) is 0 Å². The Bertz CT molecular complexity index is 380. The maximum atomic E-state index is 5.43. The fraction of sp³-hybridized carbons (Fsp3) is 0.833. The van der Waals surface area contributed by atoms with Gasteiger partial charge in [0.15, 0.2) is 0 Å². The maximum Gasteiger partial charge on any atom is 0.230 e. The van der Waals surface area contributed by atoms with E-state index in [1.165, 1.54) is 25.7 Å². The molecule has 1 aromatic rings. The Labute approximate surface area is 102 Å². The third-order valence-electron chi connectivity index (χ3n) is 4.02. The summed E-state index contributed by atoms with van der Waals surface area (Å²) >= 11 is 0. The van der Waals surface area contributed by atoms with Gasteiger partial charge in [0.2, 0.25) is 11.8 Å². The van der Waals surface area contributed by atoms with Crippen molar-refractivity contribution < 1.29 is 4.42 Å². The van der Waals surface area contributed by atoms with Crippen LogP contribution in [0, 0.1) is 6.92 Å². The third kappa shape index (κ3) is 2.35. The molecule has 2 unspecified atom stereocenters. The second-order valence-corrected chi connectivity index (χ2v) is 5.39. The van der Waals surface area contributed by atoms with E-state index < -0.39 is 0 Å². The van der Waals surface area contributed by atoms with Crippen molar-refractivity contribution in [2.75, 3.05) is 7.05 Å². The molecule has 1 N–H and O–H groups in total. The molecular formula is C12H20N4O. The number of aromatic nitrogens is 2. The molecule has 0 aliphatic carbocycles. The monoisotopic (exact) mass is 236 g/mol. The molecule has 2 aliphatic heterocycles. The van der Waals surface area contributed by atoms with E-state index in [9.17, 15) is 0 Å². The van der Waals surface area contributed by atoms with Gasteiger partial charge in [-0.05, 0) is 32.7 Å². The van der Waals surface area contributed by atoms with Crippen molar-refractivity contribution in [3.05, 3.63) is 11.8 Å². The largest absolute Gasteiger partial charge is 0.424 e. The zero-order valence-electron chi connectivity index (χ0n) is 10.5. The third-order valence-corrected chi connectivity index (χ3v) is 4.02. The van der Waals surface area contributed by atoms with Crippen LogP contribution >= 0.6 is 0 Å². The normalized spacial score (nSPS) is 32.3. The van der Waals surface area contributed by atoms with Crippen molar-refractivity contribution in [3.63, 3.8) is 0 Å². The van der Waals surface area contributed by atoms with Crippen LogP contribution < -0.4 is 5.32 Å². The van der Waals surface area contributed by atoms with Gasteiger partial charge in [0, 0.05) is 25.0 Å². The summed E-state index contributed by atoms with van der Waals surface area (Å²) in [5.41, 5.74) is 0. The van der Waals surface area contributed by atoms with Gasteiger partial charge in [-0.3, -0.25) is 4.90 Å². The number of nitrogens with zero attached hydrogens (tertiary/aromatic N) is 3. The first-order valence-corrected chi connectivity index (χ1v) is 6.46. The molecule has 2 fully saturated rings. The molecule has 3 rings (SSSR count). The topological polar surface area (TPSA) is 54.2 Å². The Hall–Kier alpha value is -0.940. The highest BCUT2D eigenvalue weighted by molar-refractivity contribution is 4.95. The van der Waals surface area contributed by atoms with Crippen LogP contribution in [0.1, 0.15) is 37.5 Å². The van der Waals surface area contributed by atoms with Crippen LogP contribution in [0.15, 0.2) is 4.42 Å². The Kier molecular flexibility index (Phi) is 2.88. The minimum atomic E-state index is 0.652. The predicted molar refractivity (Wildman–Crippen MR) is 63.5 cm³/mol. The molecular weight excluding hydrogens is 216 g/mol. The van der Waals surface area contributed by atoms with Gasteiger partial charge in [0.25, 0.3) is 0 Å². The van der Waals surface area contributed by atoms with Gasteiger partial charge in [-0.2, -0.15) is 0 Å². The number of hydrogen-bond acceptors (Lipinski definition) is 5. The van der Waals surface area contributed by atoms with Crippen LogP contribution in [0.4, 0.5) is 0 Å². The van der Waals surface area contributed by atoms with Gasteiger partial charge >= 0.3 is 0 Å². The molecule has 1 aromatic heterocycles. The fourth-order valence-corrected chi connectivity index (χ4v) is 3.13. The van der Waals surface area contributed by atoms with Crippen molar-refractivity contribution in [3.8, 4) is 0 Å². The summed E-state index contributed by atoms with van der Waals surface area (Å²) in [5, 5.41) is 11.6. The second kappa shape index (κ2) is 4.38. The molecule has 0 spiro atoms. The molecule has 0 amide bonds. The lowest BCUT2D eigenvalue weighted by Gasteiger charge is -2.34. The molecule has 5 heteroatoms. The lowest BCUT2D eigenvalue weighted by molar-refractivity contribution is 0.153. The van der Waals surface area contributed by atoms with E-state index in [-0.39, 0.29) is 0 Å². The van der Waals surface area contributed by atoms with Crippen LogP contribution in [0.25, 0.3) is 0 Å². The highest BCUT2D eigenvalue weighted by Crippen LogP contribution is 2.29. The molecule has 2 atom stereocenters. The summed E-state index contributed by atoms with van der Waals surface area (Å²) < 4.78 is 5.43. The van der Waals surface area contributed by atoms with E-state index in [0.29, 0.717) is 11.9 Å². The molecule has 2 saturated heterocycles. The van der Waals surface area contributed by atoms with E-state index in [1.54, 1.807) is 0 Å². The Morgan fingerprint density at radius 3 is 2.59 bits per heavy atom. The molecule has 17 heavy (non-hydrogen) atoms. The van der Waals surface area contributed by atoms with Gasteiger partial charge in [-0.1, -0.05) is 0 Å². The van der Waals surface area contributed by atoms with Crippen molar-refractivity contribution in [1.82, 2.24) is 20.4 Å². The minimum Gasteiger partial charge on any atom is -0.424 e. The number of piperidine rings is 1. The summed E-state index contributed by atoms with van der Waals surface area (Å²) in [6, 6.07) is 2.11. The van der Waals surface area contributed by atoms with Gasteiger partial charge < -0.3 is 9.73 Å². The summed E-state index contributed by atoms with van der Waals surface area (Å²) in [6.45, 7) is 2.60. The SMILES string of the molecule is Cc1nnc(CN(C)C2CC3CCC(C2)N3)o1. The van der Waals surface area contributed by atoms with Crippen LogP contribution in [0.5, 0.6) is 0 Å². The van der Waals surface area contributed by atoms with Crippen LogP contribution in [-0.4, -0.2) is 40.3 Å². The lowest BCUT2D eigenvalue weighted by Crippen LogP contribution is -2.46. The average Bonchev–Trinajstić information content (AvgIpc) is 2.85. The first kappa shape index (κ1) is 11.2. The summed E-state index contributed by atoms with van der Waals surface area (Å²) in [5.74, 6) is 1.38. The maximum absolute atomic E-state index is 5.43. The lowest BCUT2D eigenvalue weighted by atomic mass is 9.98. The predicted octanol–water partition coefficient (Wildman–Crippen LogP) is 1.09. The van der Waals surface area contributed by atoms with Gasteiger partial charge in [-0.15, -0.1) is 10.2 Å². The molecule has 0 radical (unpaired) electrons. The average molecular weight is 236 g/mol. The van der Waals surface area contributed by atoms with Gasteiger partial charge in [-0.25, -0.2) is 0 Å². The second-order valence-electron chi connectivity index (χ2n) is 5.39. The van der Waals surface area contributed by atoms with E-state index in [1.807, 2.05) is 6.92 Å². The molecule has 0 saturated carbocycles.